The molecule has 3 saturated heterocycles. The number of rotatable bonds is 9. The van der Waals surface area contributed by atoms with E-state index in [0.717, 1.165) is 0 Å². The first-order valence-electron chi connectivity index (χ1n) is 15.3. The highest BCUT2D eigenvalue weighted by Gasteiger charge is 2.78. The van der Waals surface area contributed by atoms with Crippen LogP contribution in [0.25, 0.3) is 0 Å². The van der Waals surface area contributed by atoms with Crippen LogP contribution in [0.2, 0.25) is 0 Å². The number of esters is 1. The van der Waals surface area contributed by atoms with E-state index in [4.69, 9.17) is 29.4 Å². The summed E-state index contributed by atoms with van der Waals surface area (Å²) in [7, 11) is 2.65. The number of ether oxygens (including phenoxy) is 5. The third-order valence-corrected chi connectivity index (χ3v) is 10.6. The number of hydrogen-bond donors (Lipinski definition) is 2. The Morgan fingerprint density at radius 1 is 1.00 bits per heavy atom. The van der Waals surface area contributed by atoms with Gasteiger partial charge in [-0.05, 0) is 38.5 Å². The molecule has 47 heavy (non-hydrogen) atoms. The normalized spacial score (nSPS) is 32.8. The van der Waals surface area contributed by atoms with Crippen molar-refractivity contribution in [1.29, 1.82) is 0 Å². The number of carbonyl (C=O) groups is 7. The minimum atomic E-state index is -1.45. The lowest BCUT2D eigenvalue weighted by molar-refractivity contribution is -0.160. The fraction of sp³-hybridized carbons (Fsp3) is 0.633. The summed E-state index contributed by atoms with van der Waals surface area (Å²) in [5, 5.41) is -0.599. The van der Waals surface area contributed by atoms with E-state index in [1.165, 1.54) is 30.9 Å². The van der Waals surface area contributed by atoms with Gasteiger partial charge in [0.15, 0.2) is 11.5 Å². The summed E-state index contributed by atoms with van der Waals surface area (Å²) in [4.78, 5) is 93.0. The van der Waals surface area contributed by atoms with Crippen LogP contribution in [0.5, 0.6) is 0 Å². The summed E-state index contributed by atoms with van der Waals surface area (Å²) in [5.74, 6) is -3.49. The fourth-order valence-corrected chi connectivity index (χ4v) is 8.25. The molecular formula is C30H36N4O12S. The van der Waals surface area contributed by atoms with Gasteiger partial charge in [-0.2, -0.15) is 12.6 Å². The van der Waals surface area contributed by atoms with Crippen molar-refractivity contribution in [2.45, 2.75) is 62.1 Å². The molecule has 0 spiro atoms. The smallest absolute Gasteiger partial charge is 0.413 e. The summed E-state index contributed by atoms with van der Waals surface area (Å²) in [6.07, 6.45) is 0.480. The minimum absolute atomic E-state index is 0.0485. The zero-order chi connectivity index (χ0) is 33.9. The maximum absolute atomic E-state index is 13.5. The lowest BCUT2D eigenvalue weighted by atomic mass is 9.82. The Labute approximate surface area is 274 Å². The number of nitrogens with zero attached hydrogens (tertiary/aromatic N) is 3. The Bertz CT molecular complexity index is 1520. The maximum Gasteiger partial charge on any atom is 0.413 e. The van der Waals surface area contributed by atoms with Crippen LogP contribution in [0.3, 0.4) is 0 Å². The maximum atomic E-state index is 13.5. The number of amides is 4. The number of thiol groups is 1. The number of imide groups is 1. The van der Waals surface area contributed by atoms with Crippen molar-refractivity contribution in [3.63, 3.8) is 0 Å². The van der Waals surface area contributed by atoms with Crippen LogP contribution >= 0.6 is 12.6 Å². The van der Waals surface area contributed by atoms with Gasteiger partial charge in [-0.3, -0.25) is 33.8 Å². The molecule has 1 unspecified atom stereocenters. The molecule has 16 nitrogen and oxygen atoms in total. The number of primary amides is 1. The summed E-state index contributed by atoms with van der Waals surface area (Å²) in [5.41, 5.74) is 4.05. The van der Waals surface area contributed by atoms with E-state index in [0.29, 0.717) is 32.2 Å². The summed E-state index contributed by atoms with van der Waals surface area (Å²) >= 11 is 4.15. The molecular weight excluding hydrogens is 640 g/mol. The Morgan fingerprint density at radius 3 is 2.30 bits per heavy atom. The topological polar surface area (TPSA) is 201 Å². The minimum Gasteiger partial charge on any atom is -0.492 e. The van der Waals surface area contributed by atoms with Crippen molar-refractivity contribution in [3.8, 4) is 0 Å². The van der Waals surface area contributed by atoms with E-state index in [1.54, 1.807) is 4.90 Å². The number of piperazine rings is 1. The molecule has 6 rings (SSSR count). The van der Waals surface area contributed by atoms with Gasteiger partial charge in [-0.1, -0.05) is 0 Å². The third kappa shape index (κ3) is 5.14. The van der Waals surface area contributed by atoms with E-state index < -0.39 is 78.0 Å². The summed E-state index contributed by atoms with van der Waals surface area (Å²) < 4.78 is 26.9. The lowest BCUT2D eigenvalue weighted by Crippen LogP contribution is -2.56. The first-order valence-corrected chi connectivity index (χ1v) is 15.9. The molecule has 4 heterocycles. The van der Waals surface area contributed by atoms with Crippen molar-refractivity contribution in [1.82, 2.24) is 14.7 Å². The van der Waals surface area contributed by atoms with Crippen molar-refractivity contribution < 1.29 is 57.2 Å². The second kappa shape index (κ2) is 12.2. The van der Waals surface area contributed by atoms with Crippen molar-refractivity contribution in [3.05, 3.63) is 22.6 Å². The highest BCUT2D eigenvalue weighted by atomic mass is 32.1. The molecule has 0 aromatic carbocycles. The van der Waals surface area contributed by atoms with Crippen molar-refractivity contribution in [2.24, 2.45) is 23.5 Å². The average molecular weight is 677 g/mol. The number of methoxy groups -OCH3 is 2. The number of fused-ring (bicyclic) bond motifs is 4. The van der Waals surface area contributed by atoms with Gasteiger partial charge in [0, 0.05) is 37.8 Å². The zero-order valence-electron chi connectivity index (χ0n) is 26.1. The van der Waals surface area contributed by atoms with Crippen LogP contribution in [0, 0.1) is 17.8 Å². The quantitative estimate of drug-likeness (QED) is 0.0842. The molecule has 17 heteroatoms. The molecule has 4 aliphatic heterocycles. The second-order valence-corrected chi connectivity index (χ2v) is 13.1. The first-order chi connectivity index (χ1) is 22.4. The number of likely N-dealkylation sites (tertiary alicyclic amines) is 1. The van der Waals surface area contributed by atoms with E-state index >= 15 is 0 Å². The zero-order valence-corrected chi connectivity index (χ0v) is 27.0. The molecule has 2 N–H and O–H groups in total. The number of hydrogen-bond acceptors (Lipinski definition) is 14. The summed E-state index contributed by atoms with van der Waals surface area (Å²) in [6.45, 7) is 0.888. The van der Waals surface area contributed by atoms with Crippen LogP contribution in [0.1, 0.15) is 39.0 Å². The van der Waals surface area contributed by atoms with Gasteiger partial charge < -0.3 is 34.3 Å². The number of carbonyl (C=O) groups excluding carboxylic acids is 7. The van der Waals surface area contributed by atoms with Crippen LogP contribution in [-0.4, -0.2) is 120 Å². The molecule has 1 saturated carbocycles. The number of Topliss-reactive ketones (excluding diaryl/α,β-unsaturated/α-hetero) is 2. The molecule has 254 valence electrons. The van der Waals surface area contributed by atoms with E-state index in [2.05, 4.69) is 12.6 Å². The third-order valence-electron chi connectivity index (χ3n) is 10.2. The van der Waals surface area contributed by atoms with E-state index in [9.17, 15) is 33.6 Å². The highest BCUT2D eigenvalue weighted by molar-refractivity contribution is 7.81. The van der Waals surface area contributed by atoms with Gasteiger partial charge in [0.05, 0.1) is 35.9 Å². The van der Waals surface area contributed by atoms with Crippen molar-refractivity contribution >= 4 is 54.2 Å². The predicted octanol–water partition coefficient (Wildman–Crippen LogP) is 0.250. The Balaban J connectivity index is 1.05. The molecule has 6 aliphatic rings. The Hall–Kier alpha value is -4.12. The van der Waals surface area contributed by atoms with Crippen LogP contribution in [0.15, 0.2) is 22.6 Å². The van der Waals surface area contributed by atoms with Gasteiger partial charge in [0.2, 0.25) is 30.2 Å². The predicted molar refractivity (Wildman–Crippen MR) is 159 cm³/mol. The van der Waals surface area contributed by atoms with Gasteiger partial charge >= 0.3 is 18.2 Å². The average Bonchev–Trinajstić information content (AvgIpc) is 3.45. The Morgan fingerprint density at radius 2 is 1.70 bits per heavy atom. The largest absolute Gasteiger partial charge is 0.492 e. The van der Waals surface area contributed by atoms with Gasteiger partial charge in [-0.25, -0.2) is 9.59 Å². The number of allylic oxidation sites excluding steroid dienone is 2. The van der Waals surface area contributed by atoms with Crippen molar-refractivity contribution in [2.75, 3.05) is 40.7 Å². The molecule has 0 aromatic rings. The molecule has 2 aliphatic carbocycles. The van der Waals surface area contributed by atoms with Gasteiger partial charge in [0.1, 0.15) is 12.6 Å². The first kappa shape index (κ1) is 32.8. The second-order valence-electron chi connectivity index (χ2n) is 12.5. The van der Waals surface area contributed by atoms with E-state index in [1.807, 2.05) is 0 Å². The van der Waals surface area contributed by atoms with Gasteiger partial charge in [0.25, 0.3) is 0 Å². The Kier molecular flexibility index (Phi) is 8.48. The molecule has 0 aromatic heterocycles. The number of ketones is 2. The lowest BCUT2D eigenvalue weighted by Gasteiger charge is -2.40. The van der Waals surface area contributed by atoms with Gasteiger partial charge in [-0.15, -0.1) is 0 Å². The summed E-state index contributed by atoms with van der Waals surface area (Å²) in [6, 6.07) is -1.17. The highest BCUT2D eigenvalue weighted by Crippen LogP contribution is 2.60. The van der Waals surface area contributed by atoms with E-state index in [-0.39, 0.29) is 53.3 Å². The van der Waals surface area contributed by atoms with Crippen LogP contribution < -0.4 is 5.73 Å². The molecule has 0 bridgehead atoms. The molecule has 0 radical (unpaired) electrons. The SMILES string of the molecule is COC1=C(C)C(=O)C2=C(C1=O)[C@@H](COC(N)=O)[C@@]1(OC)[C@@H]3[C@H](CN21)N3C(=O)OCOC(=O)C1CCC(CN2C(=O)CC(S)C2=O)CC1. The monoisotopic (exact) mass is 676 g/mol. The number of nitrogens with two attached hydrogens (primary N) is 1. The molecule has 5 atom stereocenters. The van der Waals surface area contributed by atoms with Crippen LogP contribution in [-0.2, 0) is 47.7 Å². The standard InChI is InChI=1S/C30H36N4O12S/c1-13-22(36)21-20(23(37)24(13)42-2)16(11-44-28(31)40)30(43-3)25-17(10-33(21)30)34(25)29(41)46-12-45-27(39)15-6-4-14(5-7-15)9-32-19(35)8-18(47)26(32)38/h14-18,25,47H,4-12H2,1-3H3,(H2,31,40)/t14?,15?,16-,17+,18?,25+,30-,34?/m1/s1. The molecule has 4 fully saturated rings. The fourth-order valence-electron chi connectivity index (χ4n) is 7.96. The van der Waals surface area contributed by atoms with Crippen LogP contribution in [0.4, 0.5) is 9.59 Å². The molecule has 4 amide bonds.